The molecule has 0 amide bonds. The lowest BCUT2D eigenvalue weighted by Crippen LogP contribution is -2.22. The van der Waals surface area contributed by atoms with Gasteiger partial charge in [0, 0.05) is 25.2 Å². The largest absolute Gasteiger partial charge is 0.394 e. The number of carbonyl (C=O) groups is 1. The van der Waals surface area contributed by atoms with Gasteiger partial charge in [0.25, 0.3) is 0 Å². The Bertz CT molecular complexity index is 431. The molecule has 4 nitrogen and oxygen atoms in total. The first-order chi connectivity index (χ1) is 8.70. The van der Waals surface area contributed by atoms with Crippen molar-refractivity contribution in [2.24, 2.45) is 0 Å². The van der Waals surface area contributed by atoms with Crippen LogP contribution in [-0.4, -0.2) is 42.2 Å². The van der Waals surface area contributed by atoms with Crippen LogP contribution in [0, 0.1) is 0 Å². The number of benzene rings is 1. The van der Waals surface area contributed by atoms with E-state index < -0.39 is 0 Å². The maximum absolute atomic E-state index is 11.3. The highest BCUT2D eigenvalue weighted by Gasteiger charge is 2.19. The number of ketones is 1. The first-order valence-corrected chi connectivity index (χ1v) is 6.24. The van der Waals surface area contributed by atoms with E-state index in [1.165, 1.54) is 11.1 Å². The Balaban J connectivity index is 1.89. The fourth-order valence-electron chi connectivity index (χ4n) is 2.20. The van der Waals surface area contributed by atoms with Crippen LogP contribution in [0.25, 0.3) is 0 Å². The second-order valence-corrected chi connectivity index (χ2v) is 4.59. The summed E-state index contributed by atoms with van der Waals surface area (Å²) in [7, 11) is 0. The number of nitrogens with zero attached hydrogens (tertiary/aromatic N) is 1. The summed E-state index contributed by atoms with van der Waals surface area (Å²) in [4.78, 5) is 13.6. The van der Waals surface area contributed by atoms with E-state index in [1.807, 2.05) is 18.2 Å². The van der Waals surface area contributed by atoms with Crippen molar-refractivity contribution in [2.75, 3.05) is 26.4 Å². The summed E-state index contributed by atoms with van der Waals surface area (Å²) in [6.45, 7) is 5.34. The topological polar surface area (TPSA) is 49.8 Å². The fraction of sp³-hybridized carbons (Fsp3) is 0.500. The second-order valence-electron chi connectivity index (χ2n) is 4.59. The molecule has 0 bridgehead atoms. The number of aliphatic hydroxyl groups is 1. The van der Waals surface area contributed by atoms with Crippen LogP contribution in [0.15, 0.2) is 18.2 Å². The number of carbonyl (C=O) groups excluding carboxylic acids is 1. The first-order valence-electron chi connectivity index (χ1n) is 6.24. The molecule has 98 valence electrons. The zero-order chi connectivity index (χ0) is 13.0. The molecule has 1 aromatic rings. The molecule has 1 aliphatic heterocycles. The highest BCUT2D eigenvalue weighted by molar-refractivity contribution is 5.94. The quantitative estimate of drug-likeness (QED) is 0.608. The van der Waals surface area contributed by atoms with Crippen LogP contribution in [-0.2, 0) is 17.8 Å². The molecule has 1 N–H and O–H groups in total. The van der Waals surface area contributed by atoms with E-state index in [0.717, 1.165) is 25.2 Å². The molecular formula is C14H19NO3. The lowest BCUT2D eigenvalue weighted by Gasteiger charge is -2.14. The molecule has 0 aliphatic carbocycles. The number of Topliss-reactive ketones (excluding diaryl/α,β-unsaturated/α-hetero) is 1. The van der Waals surface area contributed by atoms with Gasteiger partial charge in [-0.2, -0.15) is 0 Å². The molecule has 0 fully saturated rings. The van der Waals surface area contributed by atoms with Gasteiger partial charge >= 0.3 is 0 Å². The van der Waals surface area contributed by atoms with Gasteiger partial charge in [-0.3, -0.25) is 9.69 Å². The van der Waals surface area contributed by atoms with Gasteiger partial charge in [0.05, 0.1) is 19.8 Å². The van der Waals surface area contributed by atoms with Gasteiger partial charge in [-0.25, -0.2) is 0 Å². The van der Waals surface area contributed by atoms with Crippen LogP contribution in [0.5, 0.6) is 0 Å². The molecule has 1 heterocycles. The smallest absolute Gasteiger partial charge is 0.159 e. The third-order valence-corrected chi connectivity index (χ3v) is 3.19. The minimum Gasteiger partial charge on any atom is -0.394 e. The Morgan fingerprint density at radius 2 is 2.11 bits per heavy atom. The number of hydrogen-bond donors (Lipinski definition) is 1. The highest BCUT2D eigenvalue weighted by Crippen LogP contribution is 2.23. The number of ether oxygens (including phenoxy) is 1. The predicted molar refractivity (Wildman–Crippen MR) is 68.5 cm³/mol. The second kappa shape index (κ2) is 6.09. The predicted octanol–water partition coefficient (Wildman–Crippen LogP) is 1.21. The summed E-state index contributed by atoms with van der Waals surface area (Å²) >= 11 is 0. The van der Waals surface area contributed by atoms with Crippen molar-refractivity contribution in [1.82, 2.24) is 4.90 Å². The van der Waals surface area contributed by atoms with Gasteiger partial charge in [-0.05, 0) is 24.1 Å². The molecular weight excluding hydrogens is 230 g/mol. The third-order valence-electron chi connectivity index (χ3n) is 3.19. The van der Waals surface area contributed by atoms with Crippen LogP contribution >= 0.6 is 0 Å². The van der Waals surface area contributed by atoms with E-state index in [-0.39, 0.29) is 12.4 Å². The van der Waals surface area contributed by atoms with Crippen molar-refractivity contribution in [3.63, 3.8) is 0 Å². The van der Waals surface area contributed by atoms with E-state index in [4.69, 9.17) is 9.84 Å². The Labute approximate surface area is 107 Å². The molecule has 18 heavy (non-hydrogen) atoms. The molecule has 0 unspecified atom stereocenters. The standard InChI is InChI=1S/C14H19NO3/c1-11(17)12-2-3-13-9-15(10-14(13)8-12)4-6-18-7-5-16/h2-3,8,16H,4-7,9-10H2,1H3. The van der Waals surface area contributed by atoms with Crippen molar-refractivity contribution in [1.29, 1.82) is 0 Å². The molecule has 0 radical (unpaired) electrons. The monoisotopic (exact) mass is 249 g/mol. The van der Waals surface area contributed by atoms with Crippen LogP contribution in [0.3, 0.4) is 0 Å². The Morgan fingerprint density at radius 1 is 1.33 bits per heavy atom. The summed E-state index contributed by atoms with van der Waals surface area (Å²) < 4.78 is 5.26. The van der Waals surface area contributed by atoms with Crippen molar-refractivity contribution in [3.05, 3.63) is 34.9 Å². The van der Waals surface area contributed by atoms with Crippen LogP contribution in [0.1, 0.15) is 28.4 Å². The van der Waals surface area contributed by atoms with Crippen molar-refractivity contribution >= 4 is 5.78 Å². The molecule has 2 rings (SSSR count). The third kappa shape index (κ3) is 3.16. The minimum atomic E-state index is 0.0716. The molecule has 1 aliphatic rings. The van der Waals surface area contributed by atoms with Gasteiger partial charge < -0.3 is 9.84 Å². The van der Waals surface area contributed by atoms with Crippen molar-refractivity contribution in [3.8, 4) is 0 Å². The molecule has 0 spiro atoms. The maximum Gasteiger partial charge on any atom is 0.159 e. The van der Waals surface area contributed by atoms with Gasteiger partial charge in [0.1, 0.15) is 0 Å². The van der Waals surface area contributed by atoms with E-state index in [9.17, 15) is 4.79 Å². The summed E-state index contributed by atoms with van der Waals surface area (Å²) in [5, 5.41) is 8.61. The van der Waals surface area contributed by atoms with E-state index in [0.29, 0.717) is 13.2 Å². The minimum absolute atomic E-state index is 0.0716. The van der Waals surface area contributed by atoms with Crippen LogP contribution < -0.4 is 0 Å². The normalized spacial score (nSPS) is 14.8. The molecule has 1 aromatic carbocycles. The highest BCUT2D eigenvalue weighted by atomic mass is 16.5. The van der Waals surface area contributed by atoms with E-state index in [2.05, 4.69) is 4.90 Å². The number of fused-ring (bicyclic) bond motifs is 1. The molecule has 0 saturated heterocycles. The van der Waals surface area contributed by atoms with E-state index in [1.54, 1.807) is 6.92 Å². The zero-order valence-corrected chi connectivity index (χ0v) is 10.7. The van der Waals surface area contributed by atoms with Gasteiger partial charge in [0.15, 0.2) is 5.78 Å². The SMILES string of the molecule is CC(=O)c1ccc2c(c1)CN(CCOCCO)C2. The Hall–Kier alpha value is -1.23. The average Bonchev–Trinajstić information content (AvgIpc) is 2.76. The van der Waals surface area contributed by atoms with E-state index >= 15 is 0 Å². The molecule has 0 aromatic heterocycles. The average molecular weight is 249 g/mol. The van der Waals surface area contributed by atoms with Gasteiger partial charge in [0.2, 0.25) is 0 Å². The summed E-state index contributed by atoms with van der Waals surface area (Å²) in [5.74, 6) is 0.113. The number of hydrogen-bond acceptors (Lipinski definition) is 4. The fourth-order valence-corrected chi connectivity index (χ4v) is 2.20. The van der Waals surface area contributed by atoms with Crippen LogP contribution in [0.4, 0.5) is 0 Å². The molecule has 4 heteroatoms. The lowest BCUT2D eigenvalue weighted by molar-refractivity contribution is 0.0731. The van der Waals surface area contributed by atoms with Crippen molar-refractivity contribution < 1.29 is 14.6 Å². The Morgan fingerprint density at radius 3 is 2.83 bits per heavy atom. The number of aliphatic hydroxyl groups excluding tert-OH is 1. The summed E-state index contributed by atoms with van der Waals surface area (Å²) in [6.07, 6.45) is 0. The Kier molecular flexibility index (Phi) is 4.47. The molecule has 0 atom stereocenters. The van der Waals surface area contributed by atoms with Crippen LogP contribution in [0.2, 0.25) is 0 Å². The van der Waals surface area contributed by atoms with Gasteiger partial charge in [-0.15, -0.1) is 0 Å². The van der Waals surface area contributed by atoms with Crippen molar-refractivity contribution in [2.45, 2.75) is 20.0 Å². The first kappa shape index (κ1) is 13.2. The maximum atomic E-state index is 11.3. The zero-order valence-electron chi connectivity index (χ0n) is 10.7. The summed E-state index contributed by atoms with van der Waals surface area (Å²) in [6, 6.07) is 5.93. The lowest BCUT2D eigenvalue weighted by atomic mass is 10.0. The van der Waals surface area contributed by atoms with Gasteiger partial charge in [-0.1, -0.05) is 12.1 Å². The molecule has 0 saturated carbocycles. The number of rotatable bonds is 6. The summed E-state index contributed by atoms with van der Waals surface area (Å²) in [5.41, 5.74) is 3.32.